The number of benzene rings is 1. The molecule has 1 N–H and O–H groups in total. The van der Waals surface area contributed by atoms with E-state index in [1.807, 2.05) is 19.0 Å². The van der Waals surface area contributed by atoms with E-state index in [1.54, 1.807) is 12.1 Å². The number of hydrogen-bond acceptors (Lipinski definition) is 4. The Morgan fingerprint density at radius 3 is 2.30 bits per heavy atom. The maximum atomic E-state index is 12.4. The second-order valence-corrected chi connectivity index (χ2v) is 9.94. The van der Waals surface area contributed by atoms with Gasteiger partial charge >= 0.3 is 0 Å². The van der Waals surface area contributed by atoms with Gasteiger partial charge in [0, 0.05) is 12.6 Å². The van der Waals surface area contributed by atoms with Gasteiger partial charge in [0.1, 0.15) is 4.21 Å². The number of nitrogens with one attached hydrogen (secondary N) is 1. The lowest BCUT2D eigenvalue weighted by Gasteiger charge is -2.25. The van der Waals surface area contributed by atoms with Crippen LogP contribution in [0.25, 0.3) is 0 Å². The summed E-state index contributed by atoms with van der Waals surface area (Å²) in [5.41, 5.74) is 2.37. The molecule has 4 nitrogen and oxygen atoms in total. The minimum Gasteiger partial charge on any atom is -0.301 e. The summed E-state index contributed by atoms with van der Waals surface area (Å²) < 4.78 is 28.6. The minimum atomic E-state index is -3.48. The largest absolute Gasteiger partial charge is 0.301 e. The van der Waals surface area contributed by atoms with Gasteiger partial charge in [-0.3, -0.25) is 0 Å². The lowest BCUT2D eigenvalue weighted by atomic mass is 10.0. The lowest BCUT2D eigenvalue weighted by Crippen LogP contribution is -2.34. The number of halogens is 1. The molecule has 2 aromatic rings. The normalized spacial score (nSPS) is 13.4. The molecule has 0 radical (unpaired) electrons. The molecule has 0 saturated heterocycles. The van der Waals surface area contributed by atoms with Crippen molar-refractivity contribution in [1.29, 1.82) is 0 Å². The highest BCUT2D eigenvalue weighted by atomic mass is 79.9. The molecule has 126 valence electrons. The zero-order valence-corrected chi connectivity index (χ0v) is 16.6. The van der Waals surface area contributed by atoms with Crippen molar-refractivity contribution in [2.75, 3.05) is 20.6 Å². The molecular weight excluding hydrogens is 396 g/mol. The predicted molar refractivity (Wildman–Crippen MR) is 99.5 cm³/mol. The number of thiophene rings is 1. The van der Waals surface area contributed by atoms with Gasteiger partial charge in [-0.2, -0.15) is 0 Å². The molecule has 0 fully saturated rings. The van der Waals surface area contributed by atoms with Gasteiger partial charge in [-0.05, 0) is 59.7 Å². The van der Waals surface area contributed by atoms with Gasteiger partial charge in [-0.15, -0.1) is 11.3 Å². The number of nitrogens with zero attached hydrogens (tertiary/aromatic N) is 1. The Labute approximate surface area is 150 Å². The Morgan fingerprint density at radius 1 is 1.17 bits per heavy atom. The van der Waals surface area contributed by atoms with Crippen LogP contribution in [0.3, 0.4) is 0 Å². The van der Waals surface area contributed by atoms with Crippen LogP contribution in [0.15, 0.2) is 44.4 Å². The standard InChI is InChI=1S/C16H21BrN2O2S2/c1-4-12-5-7-13(8-6-12)14(19(2)3)11-18-23(20,21)16-10-9-15(17)22-16/h5-10,14,18H,4,11H2,1-3H3. The highest BCUT2D eigenvalue weighted by Crippen LogP contribution is 2.26. The van der Waals surface area contributed by atoms with Gasteiger partial charge in [0.2, 0.25) is 10.0 Å². The van der Waals surface area contributed by atoms with Crippen LogP contribution >= 0.6 is 27.3 Å². The molecule has 0 aliphatic rings. The van der Waals surface area contributed by atoms with Crippen LogP contribution in [0.1, 0.15) is 24.1 Å². The summed E-state index contributed by atoms with van der Waals surface area (Å²) in [7, 11) is 0.429. The molecule has 0 bridgehead atoms. The zero-order chi connectivity index (χ0) is 17.0. The maximum absolute atomic E-state index is 12.4. The van der Waals surface area contributed by atoms with Gasteiger partial charge in [-0.1, -0.05) is 31.2 Å². The van der Waals surface area contributed by atoms with Gasteiger partial charge in [0.05, 0.1) is 3.79 Å². The van der Waals surface area contributed by atoms with E-state index in [0.717, 1.165) is 15.8 Å². The number of sulfonamides is 1. The van der Waals surface area contributed by atoms with E-state index in [9.17, 15) is 8.42 Å². The fourth-order valence-corrected chi connectivity index (χ4v) is 5.37. The summed E-state index contributed by atoms with van der Waals surface area (Å²) in [5, 5.41) is 0. The third-order valence-corrected chi connectivity index (χ3v) is 7.22. The Balaban J connectivity index is 2.13. The Kier molecular flexibility index (Phi) is 6.39. The minimum absolute atomic E-state index is 0.0147. The van der Waals surface area contributed by atoms with Crippen LogP contribution in [0.2, 0.25) is 0 Å². The third-order valence-electron chi connectivity index (χ3n) is 3.68. The van der Waals surface area contributed by atoms with Crippen LogP contribution in [-0.4, -0.2) is 34.0 Å². The van der Waals surface area contributed by atoms with Crippen molar-refractivity contribution in [3.63, 3.8) is 0 Å². The number of hydrogen-bond donors (Lipinski definition) is 1. The molecule has 0 spiro atoms. The Morgan fingerprint density at radius 2 is 1.83 bits per heavy atom. The average Bonchev–Trinajstić information content (AvgIpc) is 2.95. The van der Waals surface area contributed by atoms with E-state index in [1.165, 1.54) is 16.9 Å². The van der Waals surface area contributed by atoms with Crippen LogP contribution in [-0.2, 0) is 16.4 Å². The van der Waals surface area contributed by atoms with Gasteiger partial charge in [-0.25, -0.2) is 13.1 Å². The van der Waals surface area contributed by atoms with Crippen molar-refractivity contribution in [3.8, 4) is 0 Å². The first-order valence-corrected chi connectivity index (χ1v) is 10.4. The second-order valence-electron chi connectivity index (χ2n) is 5.48. The van der Waals surface area contributed by atoms with Crippen molar-refractivity contribution < 1.29 is 8.42 Å². The average molecular weight is 417 g/mol. The van der Waals surface area contributed by atoms with Gasteiger partial charge < -0.3 is 4.90 Å². The first-order valence-electron chi connectivity index (χ1n) is 7.33. The van der Waals surface area contributed by atoms with Crippen molar-refractivity contribution >= 4 is 37.3 Å². The van der Waals surface area contributed by atoms with E-state index in [4.69, 9.17) is 0 Å². The quantitative estimate of drug-likeness (QED) is 0.748. The van der Waals surface area contributed by atoms with Crippen molar-refractivity contribution in [2.24, 2.45) is 0 Å². The molecular formula is C16H21BrN2O2S2. The van der Waals surface area contributed by atoms with E-state index in [2.05, 4.69) is 51.8 Å². The SMILES string of the molecule is CCc1ccc(C(CNS(=O)(=O)c2ccc(Br)s2)N(C)C)cc1. The summed E-state index contributed by atoms with van der Waals surface area (Å²) in [5.74, 6) is 0. The third kappa shape index (κ3) is 4.87. The molecule has 1 atom stereocenters. The van der Waals surface area contributed by atoms with E-state index in [0.29, 0.717) is 10.8 Å². The van der Waals surface area contributed by atoms with E-state index >= 15 is 0 Å². The molecule has 0 saturated carbocycles. The summed E-state index contributed by atoms with van der Waals surface area (Å²) >= 11 is 4.50. The van der Waals surface area contributed by atoms with Crippen molar-refractivity contribution in [2.45, 2.75) is 23.6 Å². The molecule has 7 heteroatoms. The number of aryl methyl sites for hydroxylation is 1. The molecule has 1 aromatic carbocycles. The fourth-order valence-electron chi connectivity index (χ4n) is 2.28. The summed E-state index contributed by atoms with van der Waals surface area (Å²) in [6.07, 6.45) is 0.993. The van der Waals surface area contributed by atoms with Crippen LogP contribution < -0.4 is 4.72 Å². The summed E-state index contributed by atoms with van der Waals surface area (Å²) in [6.45, 7) is 2.45. The van der Waals surface area contributed by atoms with Crippen LogP contribution in [0, 0.1) is 0 Å². The highest BCUT2D eigenvalue weighted by molar-refractivity contribution is 9.11. The predicted octanol–water partition coefficient (Wildman–Crippen LogP) is 3.65. The van der Waals surface area contributed by atoms with Crippen molar-refractivity contribution in [3.05, 3.63) is 51.3 Å². The molecule has 0 amide bonds. The van der Waals surface area contributed by atoms with E-state index < -0.39 is 10.0 Å². The highest BCUT2D eigenvalue weighted by Gasteiger charge is 2.21. The molecule has 0 aliphatic heterocycles. The van der Waals surface area contributed by atoms with E-state index in [-0.39, 0.29) is 6.04 Å². The Hall–Kier alpha value is -0.730. The Bertz CT molecular complexity index is 740. The molecule has 23 heavy (non-hydrogen) atoms. The number of rotatable bonds is 7. The second kappa shape index (κ2) is 7.90. The molecule has 2 rings (SSSR count). The monoisotopic (exact) mass is 416 g/mol. The van der Waals surface area contributed by atoms with Crippen LogP contribution in [0.4, 0.5) is 0 Å². The van der Waals surface area contributed by atoms with Gasteiger partial charge in [0.25, 0.3) is 0 Å². The molecule has 0 aliphatic carbocycles. The summed E-state index contributed by atoms with van der Waals surface area (Å²) in [4.78, 5) is 2.02. The topological polar surface area (TPSA) is 49.4 Å². The first-order chi connectivity index (χ1) is 10.8. The smallest absolute Gasteiger partial charge is 0.250 e. The van der Waals surface area contributed by atoms with Crippen LogP contribution in [0.5, 0.6) is 0 Å². The molecule has 1 aromatic heterocycles. The first kappa shape index (κ1) is 18.6. The fraction of sp³-hybridized carbons (Fsp3) is 0.375. The molecule has 1 unspecified atom stereocenters. The molecule has 1 heterocycles. The van der Waals surface area contributed by atoms with Gasteiger partial charge in [0.15, 0.2) is 0 Å². The lowest BCUT2D eigenvalue weighted by molar-refractivity contribution is 0.299. The maximum Gasteiger partial charge on any atom is 0.250 e. The summed E-state index contributed by atoms with van der Waals surface area (Å²) in [6, 6.07) is 11.7. The van der Waals surface area contributed by atoms with Crippen molar-refractivity contribution in [1.82, 2.24) is 9.62 Å². The number of likely N-dealkylation sites (N-methyl/N-ethyl adjacent to an activating group) is 1. The zero-order valence-electron chi connectivity index (χ0n) is 13.4.